The molecule has 0 aliphatic heterocycles. The van der Waals surface area contributed by atoms with Gasteiger partial charge in [0.1, 0.15) is 30.0 Å². The Kier molecular flexibility index (Phi) is 8.98. The minimum atomic E-state index is -4.84. The number of aromatic hydroxyl groups is 4. The maximum absolute atomic E-state index is 12.5. The van der Waals surface area contributed by atoms with Gasteiger partial charge in [0.05, 0.1) is 9.79 Å². The molecule has 1 aromatic heterocycles. The number of nitrogens with zero attached hydrogens (tertiary/aromatic N) is 1. The molecule has 0 unspecified atom stereocenters. The lowest BCUT2D eigenvalue weighted by molar-refractivity contribution is -0.646. The summed E-state index contributed by atoms with van der Waals surface area (Å²) in [6.07, 6.45) is 2.95. The largest absolute Gasteiger partial charge is 0.507 e. The van der Waals surface area contributed by atoms with Gasteiger partial charge in [-0.1, -0.05) is 30.3 Å². The number of hydrogen-bond donors (Lipinski definition) is 6. The predicted molar refractivity (Wildman–Crippen MR) is 197 cm³/mol. The van der Waals surface area contributed by atoms with E-state index in [1.165, 1.54) is 0 Å². The van der Waals surface area contributed by atoms with Gasteiger partial charge in [-0.15, -0.1) is 0 Å². The van der Waals surface area contributed by atoms with Crippen LogP contribution in [0.25, 0.3) is 23.1 Å². The summed E-state index contributed by atoms with van der Waals surface area (Å²) in [4.78, 5) is -1.15. The predicted octanol–water partition coefficient (Wildman–Crippen LogP) is 5.83. The van der Waals surface area contributed by atoms with Gasteiger partial charge < -0.3 is 20.4 Å². The first-order valence-corrected chi connectivity index (χ1v) is 19.3. The third-order valence-corrected chi connectivity index (χ3v) is 11.3. The Bertz CT molecular complexity index is 2740. The lowest BCUT2D eigenvalue weighted by Gasteiger charge is -2.18. The minimum absolute atomic E-state index is 0.000945. The molecule has 0 spiro atoms. The second-order valence-corrected chi connectivity index (χ2v) is 16.0. The van der Waals surface area contributed by atoms with E-state index >= 15 is 0 Å². The Labute approximate surface area is 305 Å². The van der Waals surface area contributed by atoms with Crippen molar-refractivity contribution in [2.75, 3.05) is 0 Å². The number of hydrogen-bond acceptors (Lipinski definition) is 8. The highest BCUT2D eigenvalue weighted by atomic mass is 32.2. The van der Waals surface area contributed by atoms with Crippen LogP contribution in [0.1, 0.15) is 55.8 Å². The molecule has 1 heterocycles. The van der Waals surface area contributed by atoms with Crippen molar-refractivity contribution in [2.24, 2.45) is 7.05 Å². The average molecular weight is 753 g/mol. The molecule has 7 rings (SSSR count). The maximum atomic E-state index is 12.5. The average Bonchev–Trinajstić information content (AvgIpc) is 3.10. The van der Waals surface area contributed by atoms with Gasteiger partial charge in [0.15, 0.2) is 0 Å². The Morgan fingerprint density at radius 1 is 0.509 bits per heavy atom. The third kappa shape index (κ3) is 7.07. The summed E-state index contributed by atoms with van der Waals surface area (Å²) in [5.41, 5.74) is 3.78. The second-order valence-electron chi connectivity index (χ2n) is 13.2. The molecule has 5 aromatic carbocycles. The summed E-state index contributed by atoms with van der Waals surface area (Å²) in [7, 11) is -7.70. The van der Waals surface area contributed by atoms with E-state index in [1.54, 1.807) is 30.3 Å². The quantitative estimate of drug-likeness (QED) is 0.0942. The van der Waals surface area contributed by atoms with E-state index in [2.05, 4.69) is 0 Å². The fourth-order valence-corrected chi connectivity index (χ4v) is 8.07. The molecule has 270 valence electrons. The highest BCUT2D eigenvalue weighted by molar-refractivity contribution is 7.86. The monoisotopic (exact) mass is 752 g/mol. The summed E-state index contributed by atoms with van der Waals surface area (Å²) < 4.78 is 71.6. The fourth-order valence-electron chi connectivity index (χ4n) is 6.91. The number of phenols is 4. The van der Waals surface area contributed by atoms with E-state index in [9.17, 15) is 46.4 Å². The third-order valence-electron chi connectivity index (χ3n) is 9.66. The Balaban J connectivity index is 1.45. The van der Waals surface area contributed by atoms with Crippen molar-refractivity contribution in [3.8, 4) is 23.0 Å². The second kappa shape index (κ2) is 13.4. The fraction of sp³-hybridized carbons (Fsp3) is 0.125. The molecule has 0 saturated carbocycles. The highest BCUT2D eigenvalue weighted by Crippen LogP contribution is 2.39. The van der Waals surface area contributed by atoms with Gasteiger partial charge in [-0.25, -0.2) is 0 Å². The van der Waals surface area contributed by atoms with Crippen LogP contribution in [0.4, 0.5) is 0 Å². The number of fused-ring (bicyclic) bond motifs is 9. The number of benzene rings is 5. The van der Waals surface area contributed by atoms with E-state index in [0.717, 1.165) is 40.9 Å². The molecular formula is C40H34NO10S2+. The van der Waals surface area contributed by atoms with Crippen molar-refractivity contribution in [2.45, 2.75) is 35.5 Å². The summed E-state index contributed by atoms with van der Waals surface area (Å²) in [6, 6.07) is 24.4. The first-order valence-electron chi connectivity index (χ1n) is 16.4. The lowest BCUT2D eigenvalue weighted by Crippen LogP contribution is -2.32. The van der Waals surface area contributed by atoms with Gasteiger partial charge in [-0.2, -0.15) is 21.4 Å². The number of phenolic OH excluding ortho intramolecular Hbond substituents is 4. The van der Waals surface area contributed by atoms with Gasteiger partial charge in [-0.05, 0) is 82.4 Å². The summed E-state index contributed by atoms with van der Waals surface area (Å²) in [5, 5.41) is 47.1. The first kappa shape index (κ1) is 35.7. The summed E-state index contributed by atoms with van der Waals surface area (Å²) >= 11 is 0. The number of rotatable bonds is 4. The summed E-state index contributed by atoms with van der Waals surface area (Å²) in [6.45, 7) is 0. The standard InChI is InChI=1S/C40H33NO10S2/c1-41-33(12-10-24-5-2-3-8-36(24)41)11-9-23-13-27-15-25-6-4-7-26(37(25)42)16-29-19-34(52(46,47)48)21-31(39(29)44)18-32-22-35(53(49,50)51)20-30(40(32)45)17-28(14-23)38(27)43/h2-14,19-22H,15-18H2,1H3,(H5,42,44,45,46,47,48,49,50,51)/p+1. The zero-order valence-corrected chi connectivity index (χ0v) is 29.9. The van der Waals surface area contributed by atoms with Crippen LogP contribution in [0.2, 0.25) is 0 Å². The Morgan fingerprint density at radius 2 is 0.925 bits per heavy atom. The molecule has 1 aliphatic carbocycles. The zero-order valence-electron chi connectivity index (χ0n) is 28.2. The van der Waals surface area contributed by atoms with Crippen molar-refractivity contribution in [1.29, 1.82) is 0 Å². The van der Waals surface area contributed by atoms with Crippen LogP contribution in [0.15, 0.2) is 101 Å². The molecule has 0 amide bonds. The van der Waals surface area contributed by atoms with Gasteiger partial charge in [0.2, 0.25) is 11.2 Å². The number of aryl methyl sites for hydroxylation is 1. The minimum Gasteiger partial charge on any atom is -0.507 e. The number of pyridine rings is 1. The molecule has 11 nitrogen and oxygen atoms in total. The van der Waals surface area contributed by atoms with Crippen LogP contribution in [0.3, 0.4) is 0 Å². The molecule has 1 aliphatic rings. The smallest absolute Gasteiger partial charge is 0.294 e. The van der Waals surface area contributed by atoms with Crippen molar-refractivity contribution < 1.29 is 50.9 Å². The van der Waals surface area contributed by atoms with Gasteiger partial charge >= 0.3 is 0 Å². The van der Waals surface area contributed by atoms with E-state index in [4.69, 9.17) is 0 Å². The molecular weight excluding hydrogens is 719 g/mol. The molecule has 53 heavy (non-hydrogen) atoms. The molecule has 13 heteroatoms. The molecule has 0 saturated heterocycles. The van der Waals surface area contributed by atoms with Crippen LogP contribution in [-0.4, -0.2) is 46.4 Å². The van der Waals surface area contributed by atoms with Crippen molar-refractivity contribution in [1.82, 2.24) is 0 Å². The van der Waals surface area contributed by atoms with Gasteiger partial charge in [-0.3, -0.25) is 9.11 Å². The molecule has 0 fully saturated rings. The zero-order chi connectivity index (χ0) is 37.8. The Morgan fingerprint density at radius 3 is 1.40 bits per heavy atom. The molecule has 0 atom stereocenters. The highest BCUT2D eigenvalue weighted by Gasteiger charge is 2.24. The number of para-hydroxylation sites is 2. The number of aromatic nitrogens is 1. The first-order chi connectivity index (χ1) is 25.1. The van der Waals surface area contributed by atoms with Crippen molar-refractivity contribution in [3.63, 3.8) is 0 Å². The SMILES string of the molecule is C[n+]1c(/C=C/c2cc3c(O)c(c2)Cc2cc(S(=O)(=O)O)cc(c2O)Cc2cc(S(=O)(=O)O)cc(c2O)Cc2cccc(c2O)C3)ccc2ccccc21. The van der Waals surface area contributed by atoms with E-state index in [1.807, 2.05) is 60.2 Å². The van der Waals surface area contributed by atoms with E-state index in [-0.39, 0.29) is 53.0 Å². The van der Waals surface area contributed by atoms with E-state index < -0.39 is 47.9 Å². The maximum Gasteiger partial charge on any atom is 0.294 e. The van der Waals surface area contributed by atoms with Crippen molar-refractivity contribution >= 4 is 43.3 Å². The van der Waals surface area contributed by atoms with Crippen LogP contribution < -0.4 is 4.57 Å². The van der Waals surface area contributed by atoms with Crippen LogP contribution in [0.5, 0.6) is 23.0 Å². The van der Waals surface area contributed by atoms with E-state index in [0.29, 0.717) is 27.8 Å². The molecule has 8 bridgehead atoms. The lowest BCUT2D eigenvalue weighted by atomic mass is 9.90. The normalized spacial score (nSPS) is 13.4. The van der Waals surface area contributed by atoms with Gasteiger partial charge in [0, 0.05) is 71.5 Å². The Hall–Kier alpha value is -5.73. The molecule has 0 radical (unpaired) electrons. The van der Waals surface area contributed by atoms with Crippen LogP contribution >= 0.6 is 0 Å². The summed E-state index contributed by atoms with van der Waals surface area (Å²) in [5.74, 6) is -1.14. The van der Waals surface area contributed by atoms with Crippen LogP contribution in [-0.2, 0) is 53.0 Å². The molecule has 6 aromatic rings. The van der Waals surface area contributed by atoms with Crippen molar-refractivity contribution in [3.05, 3.63) is 147 Å². The topological polar surface area (TPSA) is 194 Å². The molecule has 6 N–H and O–H groups in total. The van der Waals surface area contributed by atoms with Crippen LogP contribution in [0, 0.1) is 0 Å². The van der Waals surface area contributed by atoms with Gasteiger partial charge in [0.25, 0.3) is 20.2 Å².